The largest absolute Gasteiger partial charge is 0.328 e. The maximum absolute atomic E-state index is 11.2. The van der Waals surface area contributed by atoms with Gasteiger partial charge in [0.15, 0.2) is 5.82 Å². The molecule has 1 aromatic rings. The van der Waals surface area contributed by atoms with Crippen LogP contribution in [0.4, 0.5) is 5.82 Å². The molecule has 2 rings (SSSR count). The molecule has 0 radical (unpaired) electrons. The normalized spacial score (nSPS) is 17.6. The first-order valence-electron chi connectivity index (χ1n) is 3.48. The fraction of sp³-hybridized carbons (Fsp3) is 0.167. The van der Waals surface area contributed by atoms with Crippen LogP contribution >= 0.6 is 0 Å². The lowest BCUT2D eigenvalue weighted by atomic mass is 10.5. The minimum atomic E-state index is -3.63. The van der Waals surface area contributed by atoms with E-state index in [4.69, 9.17) is 0 Å². The summed E-state index contributed by atoms with van der Waals surface area (Å²) >= 11 is 0. The topological polar surface area (TPSA) is 84.3 Å². The number of hydrogen-bond acceptors (Lipinski definition) is 5. The van der Waals surface area contributed by atoms with Gasteiger partial charge in [-0.25, -0.2) is 9.97 Å². The summed E-state index contributed by atoms with van der Waals surface area (Å²) in [7, 11) is -3.63. The monoisotopic (exact) mass is 198 g/mol. The lowest BCUT2D eigenvalue weighted by Crippen LogP contribution is -2.15. The van der Waals surface area contributed by atoms with E-state index >= 15 is 0 Å². The van der Waals surface area contributed by atoms with Crippen LogP contribution in [0.1, 0.15) is 5.69 Å². The van der Waals surface area contributed by atoms with Crippen molar-refractivity contribution in [3.8, 4) is 0 Å². The smallest absolute Gasteiger partial charge is 0.304 e. The molecule has 0 fully saturated rings. The molecular weight excluding hydrogens is 192 g/mol. The van der Waals surface area contributed by atoms with Crippen molar-refractivity contribution in [2.45, 2.75) is 11.9 Å². The van der Waals surface area contributed by atoms with Crippen molar-refractivity contribution in [3.05, 3.63) is 11.9 Å². The number of aryl methyl sites for hydroxylation is 1. The van der Waals surface area contributed by atoms with Crippen molar-refractivity contribution in [2.75, 3.05) is 5.32 Å². The van der Waals surface area contributed by atoms with E-state index in [-0.39, 0.29) is 10.8 Å². The standard InChI is InChI=1S/C6H6N4O2S/c1-4-2-7-6-5(10-4)8-3-9-13(6,11)12/h2-3H,1H3,(H,8,9,10). The van der Waals surface area contributed by atoms with Crippen LogP contribution in [0.5, 0.6) is 0 Å². The number of anilines is 1. The minimum Gasteiger partial charge on any atom is -0.328 e. The predicted octanol–water partition coefficient (Wildman–Crippen LogP) is -0.0725. The van der Waals surface area contributed by atoms with Gasteiger partial charge < -0.3 is 5.32 Å². The highest BCUT2D eigenvalue weighted by Gasteiger charge is 2.23. The molecule has 13 heavy (non-hydrogen) atoms. The van der Waals surface area contributed by atoms with E-state index in [0.29, 0.717) is 5.69 Å². The quantitative estimate of drug-likeness (QED) is 0.630. The van der Waals surface area contributed by atoms with Crippen LogP contribution in [-0.4, -0.2) is 24.7 Å². The molecule has 7 heteroatoms. The van der Waals surface area contributed by atoms with Crippen LogP contribution in [0.2, 0.25) is 0 Å². The molecule has 0 aromatic carbocycles. The second-order valence-electron chi connectivity index (χ2n) is 2.52. The van der Waals surface area contributed by atoms with Gasteiger partial charge in [-0.1, -0.05) is 0 Å². The summed E-state index contributed by atoms with van der Waals surface area (Å²) in [4.78, 5) is 7.71. The second-order valence-corrected chi connectivity index (χ2v) is 4.07. The van der Waals surface area contributed by atoms with E-state index in [2.05, 4.69) is 19.7 Å². The van der Waals surface area contributed by atoms with Gasteiger partial charge in [-0.05, 0) is 6.92 Å². The van der Waals surface area contributed by atoms with Crippen molar-refractivity contribution in [1.82, 2.24) is 9.97 Å². The first kappa shape index (κ1) is 8.11. The predicted molar refractivity (Wildman–Crippen MR) is 46.1 cm³/mol. The fourth-order valence-electron chi connectivity index (χ4n) is 0.956. The van der Waals surface area contributed by atoms with E-state index in [9.17, 15) is 8.42 Å². The Bertz CT molecular complexity index is 479. The van der Waals surface area contributed by atoms with Gasteiger partial charge in [0.1, 0.15) is 6.34 Å². The number of aromatic nitrogens is 2. The summed E-state index contributed by atoms with van der Waals surface area (Å²) in [6.07, 6.45) is 2.48. The molecule has 6 nitrogen and oxygen atoms in total. The third kappa shape index (κ3) is 1.26. The second kappa shape index (κ2) is 2.49. The average Bonchev–Trinajstić information content (AvgIpc) is 2.02. The van der Waals surface area contributed by atoms with Crippen molar-refractivity contribution in [1.29, 1.82) is 0 Å². The van der Waals surface area contributed by atoms with E-state index in [1.54, 1.807) is 6.92 Å². The van der Waals surface area contributed by atoms with Gasteiger partial charge in [0.05, 0.1) is 5.69 Å². The summed E-state index contributed by atoms with van der Waals surface area (Å²) in [5.74, 6) is 0.231. The highest BCUT2D eigenvalue weighted by atomic mass is 32.2. The van der Waals surface area contributed by atoms with Crippen LogP contribution in [0, 0.1) is 6.92 Å². The summed E-state index contributed by atoms with van der Waals surface area (Å²) in [5, 5.41) is 2.49. The third-order valence-electron chi connectivity index (χ3n) is 1.50. The van der Waals surface area contributed by atoms with E-state index in [0.717, 1.165) is 6.34 Å². The van der Waals surface area contributed by atoms with E-state index < -0.39 is 10.0 Å². The number of nitrogens with zero attached hydrogens (tertiary/aromatic N) is 3. The zero-order valence-electron chi connectivity index (χ0n) is 6.72. The number of fused-ring (bicyclic) bond motifs is 1. The average molecular weight is 198 g/mol. The molecule has 0 spiro atoms. The summed E-state index contributed by atoms with van der Waals surface area (Å²) in [5.41, 5.74) is 0.650. The molecule has 0 atom stereocenters. The maximum Gasteiger partial charge on any atom is 0.304 e. The number of rotatable bonds is 0. The van der Waals surface area contributed by atoms with E-state index in [1.165, 1.54) is 6.20 Å². The lowest BCUT2D eigenvalue weighted by molar-refractivity contribution is 0.593. The van der Waals surface area contributed by atoms with Gasteiger partial charge in [0.2, 0.25) is 5.03 Å². The fourth-order valence-corrected chi connectivity index (χ4v) is 1.78. The highest BCUT2D eigenvalue weighted by Crippen LogP contribution is 2.20. The van der Waals surface area contributed by atoms with Crippen molar-refractivity contribution >= 4 is 22.2 Å². The summed E-state index contributed by atoms with van der Waals surface area (Å²) in [6, 6.07) is 0. The Morgan fingerprint density at radius 3 is 3.00 bits per heavy atom. The van der Waals surface area contributed by atoms with Gasteiger partial charge >= 0.3 is 10.0 Å². The van der Waals surface area contributed by atoms with Crippen LogP contribution in [0.25, 0.3) is 0 Å². The molecule has 1 aliphatic rings. The molecular formula is C6H6N4O2S. The Morgan fingerprint density at radius 1 is 1.46 bits per heavy atom. The minimum absolute atomic E-state index is 0.124. The first-order valence-corrected chi connectivity index (χ1v) is 4.92. The lowest BCUT2D eigenvalue weighted by Gasteiger charge is -2.09. The number of nitrogens with one attached hydrogen (secondary N) is 1. The van der Waals surface area contributed by atoms with Gasteiger partial charge in [-0.2, -0.15) is 8.42 Å². The highest BCUT2D eigenvalue weighted by molar-refractivity contribution is 7.90. The summed E-state index contributed by atoms with van der Waals surface area (Å²) in [6.45, 7) is 1.73. The van der Waals surface area contributed by atoms with Crippen LogP contribution in [0.15, 0.2) is 15.6 Å². The Morgan fingerprint density at radius 2 is 2.23 bits per heavy atom. The van der Waals surface area contributed by atoms with Crippen molar-refractivity contribution in [2.24, 2.45) is 4.40 Å². The zero-order chi connectivity index (χ0) is 9.47. The molecule has 1 aromatic heterocycles. The Labute approximate surface area is 74.8 Å². The number of hydrogen-bond donors (Lipinski definition) is 1. The zero-order valence-corrected chi connectivity index (χ0v) is 7.54. The molecule has 0 bridgehead atoms. The third-order valence-corrected chi connectivity index (χ3v) is 2.67. The molecule has 0 saturated heterocycles. The first-order chi connectivity index (χ1) is 6.09. The van der Waals surface area contributed by atoms with Gasteiger partial charge in [-0.3, -0.25) is 0 Å². The van der Waals surface area contributed by atoms with E-state index in [1.807, 2.05) is 0 Å². The van der Waals surface area contributed by atoms with Gasteiger partial charge in [0.25, 0.3) is 0 Å². The van der Waals surface area contributed by atoms with Crippen molar-refractivity contribution < 1.29 is 8.42 Å². The maximum atomic E-state index is 11.2. The van der Waals surface area contributed by atoms with Crippen LogP contribution < -0.4 is 5.32 Å². The Kier molecular flexibility index (Phi) is 1.56. The van der Waals surface area contributed by atoms with Gasteiger partial charge in [-0.15, -0.1) is 4.40 Å². The molecule has 0 unspecified atom stereocenters. The SMILES string of the molecule is Cc1cnc2c(n1)NC=NS2(=O)=O. The molecule has 1 N–H and O–H groups in total. The van der Waals surface area contributed by atoms with Gasteiger partial charge in [0, 0.05) is 6.20 Å². The molecule has 2 heterocycles. The van der Waals surface area contributed by atoms with Crippen LogP contribution in [0.3, 0.4) is 0 Å². The molecule has 0 saturated carbocycles. The molecule has 68 valence electrons. The molecule has 0 aliphatic carbocycles. The van der Waals surface area contributed by atoms with Crippen LogP contribution in [-0.2, 0) is 10.0 Å². The Hall–Kier alpha value is -1.50. The van der Waals surface area contributed by atoms with Crippen molar-refractivity contribution in [3.63, 3.8) is 0 Å². The molecule has 0 amide bonds. The number of sulfonamides is 1. The molecule has 1 aliphatic heterocycles. The summed E-state index contributed by atoms with van der Waals surface area (Å²) < 4.78 is 25.8. The Balaban J connectivity index is 2.72.